The Morgan fingerprint density at radius 1 is 1.00 bits per heavy atom. The number of carbonyl (C=O) groups is 3. The van der Waals surface area contributed by atoms with Gasteiger partial charge in [0.2, 0.25) is 5.78 Å². The van der Waals surface area contributed by atoms with Crippen molar-refractivity contribution in [1.82, 2.24) is 0 Å². The Morgan fingerprint density at radius 2 is 1.65 bits per heavy atom. The number of phenols is 1. The number of aryl methyl sites for hydroxylation is 1. The number of aliphatic hydroxyl groups excluding tert-OH is 3. The van der Waals surface area contributed by atoms with Gasteiger partial charge in [0.1, 0.15) is 22.8 Å². The Kier molecular flexibility index (Phi) is 8.11. The highest BCUT2D eigenvalue weighted by molar-refractivity contribution is 6.24. The van der Waals surface area contributed by atoms with Gasteiger partial charge >= 0.3 is 0 Å². The molecule has 0 amide bonds. The van der Waals surface area contributed by atoms with E-state index in [0.717, 1.165) is 30.9 Å². The van der Waals surface area contributed by atoms with Gasteiger partial charge in [-0.2, -0.15) is 0 Å². The lowest BCUT2D eigenvalue weighted by atomic mass is 9.40. The maximum atomic E-state index is 14.8. The molecule has 256 valence electrons. The van der Waals surface area contributed by atoms with Gasteiger partial charge in [-0.25, -0.2) is 0 Å². The van der Waals surface area contributed by atoms with E-state index in [9.17, 15) is 39.9 Å². The second-order valence-corrected chi connectivity index (χ2v) is 15.4. The molecule has 1 unspecified atom stereocenters. The van der Waals surface area contributed by atoms with Crippen LogP contribution in [0.5, 0.6) is 5.75 Å². The zero-order chi connectivity index (χ0) is 35.2. The SMILES string of the molecule is CCc1ccc(-c2ccc(O)c3c2[C@@H](C)[C@@]2(C)C(=C3O)C(=O)[C@@]3(O)C(O)=C(C(C)=O)C(=O)C(C(C)C)[C@@]3(C)[C@@H]2O)cc1CC1CCCC1. The Morgan fingerprint density at radius 3 is 2.23 bits per heavy atom. The molecule has 6 atom stereocenters. The summed E-state index contributed by atoms with van der Waals surface area (Å²) in [7, 11) is 0. The average molecular weight is 657 g/mol. The molecular formula is C40H48O8. The number of aliphatic hydroxyl groups is 4. The summed E-state index contributed by atoms with van der Waals surface area (Å²) in [5.41, 5.74) is -2.86. The number of Topliss-reactive ketones (excluding diaryl/α,β-unsaturated/α-hetero) is 3. The summed E-state index contributed by atoms with van der Waals surface area (Å²) in [4.78, 5) is 41.3. The largest absolute Gasteiger partial charge is 0.508 e. The molecule has 0 aliphatic heterocycles. The molecule has 6 rings (SSSR count). The fourth-order valence-corrected chi connectivity index (χ4v) is 10.1. The summed E-state index contributed by atoms with van der Waals surface area (Å²) in [5.74, 6) is -6.59. The summed E-state index contributed by atoms with van der Waals surface area (Å²) in [6, 6.07) is 9.58. The number of aromatic hydroxyl groups is 1. The molecular weight excluding hydrogens is 608 g/mol. The lowest BCUT2D eigenvalue weighted by molar-refractivity contribution is -0.215. The first kappa shape index (κ1) is 34.1. The van der Waals surface area contributed by atoms with Crippen LogP contribution in [0.4, 0.5) is 0 Å². The minimum atomic E-state index is -2.91. The van der Waals surface area contributed by atoms with Gasteiger partial charge in [-0.3, -0.25) is 14.4 Å². The van der Waals surface area contributed by atoms with Crippen LogP contribution in [-0.2, 0) is 27.2 Å². The molecule has 4 aliphatic rings. The van der Waals surface area contributed by atoms with E-state index < -0.39 is 74.7 Å². The van der Waals surface area contributed by atoms with Crippen molar-refractivity contribution in [3.63, 3.8) is 0 Å². The van der Waals surface area contributed by atoms with Crippen molar-refractivity contribution in [3.05, 3.63) is 69.5 Å². The van der Waals surface area contributed by atoms with Crippen LogP contribution in [0.3, 0.4) is 0 Å². The molecule has 5 N–H and O–H groups in total. The first-order valence-corrected chi connectivity index (χ1v) is 17.4. The summed E-state index contributed by atoms with van der Waals surface area (Å²) < 4.78 is 0. The Labute approximate surface area is 282 Å². The van der Waals surface area contributed by atoms with Crippen LogP contribution in [0.1, 0.15) is 102 Å². The predicted molar refractivity (Wildman–Crippen MR) is 182 cm³/mol. The van der Waals surface area contributed by atoms with E-state index in [2.05, 4.69) is 19.1 Å². The fourth-order valence-electron chi connectivity index (χ4n) is 10.1. The van der Waals surface area contributed by atoms with Crippen LogP contribution >= 0.6 is 0 Å². The number of hydrogen-bond acceptors (Lipinski definition) is 8. The number of hydrogen-bond donors (Lipinski definition) is 5. The molecule has 0 saturated heterocycles. The van der Waals surface area contributed by atoms with E-state index in [1.165, 1.54) is 49.8 Å². The number of carbonyl (C=O) groups excluding carboxylic acids is 3. The molecule has 4 aliphatic carbocycles. The molecule has 0 aromatic heterocycles. The molecule has 8 nitrogen and oxygen atoms in total. The number of fused-ring (bicyclic) bond motifs is 3. The van der Waals surface area contributed by atoms with Gasteiger partial charge in [-0.1, -0.05) is 91.5 Å². The zero-order valence-electron chi connectivity index (χ0n) is 29.0. The van der Waals surface area contributed by atoms with E-state index in [-0.39, 0.29) is 16.9 Å². The van der Waals surface area contributed by atoms with Crippen LogP contribution in [-0.4, -0.2) is 54.6 Å². The number of phenolic OH excluding ortho intramolecular Hbond substituents is 1. The van der Waals surface area contributed by atoms with Crippen molar-refractivity contribution in [1.29, 1.82) is 0 Å². The summed E-state index contributed by atoms with van der Waals surface area (Å²) in [6.45, 7) is 11.5. The van der Waals surface area contributed by atoms with Crippen molar-refractivity contribution in [3.8, 4) is 16.9 Å². The second-order valence-electron chi connectivity index (χ2n) is 15.4. The van der Waals surface area contributed by atoms with Crippen LogP contribution in [0.2, 0.25) is 0 Å². The van der Waals surface area contributed by atoms with Crippen molar-refractivity contribution in [2.24, 2.45) is 28.6 Å². The highest BCUT2D eigenvalue weighted by atomic mass is 16.4. The van der Waals surface area contributed by atoms with E-state index in [0.29, 0.717) is 11.5 Å². The number of rotatable bonds is 6. The molecule has 2 saturated carbocycles. The number of ketones is 3. The third kappa shape index (κ3) is 4.24. The number of benzene rings is 2. The van der Waals surface area contributed by atoms with Crippen molar-refractivity contribution in [2.75, 3.05) is 0 Å². The van der Waals surface area contributed by atoms with Gasteiger partial charge in [0, 0.05) is 16.7 Å². The van der Waals surface area contributed by atoms with Gasteiger partial charge in [0.05, 0.1) is 17.2 Å². The molecule has 0 heterocycles. The molecule has 0 spiro atoms. The predicted octanol–water partition coefficient (Wildman–Crippen LogP) is 6.68. The maximum Gasteiger partial charge on any atom is 0.203 e. The molecule has 2 aromatic rings. The van der Waals surface area contributed by atoms with E-state index in [4.69, 9.17) is 0 Å². The molecule has 0 radical (unpaired) electrons. The van der Waals surface area contributed by atoms with E-state index in [1.807, 2.05) is 13.0 Å². The minimum absolute atomic E-state index is 0.0136. The smallest absolute Gasteiger partial charge is 0.203 e. The second kappa shape index (κ2) is 11.4. The van der Waals surface area contributed by atoms with Crippen molar-refractivity contribution >= 4 is 23.1 Å². The molecule has 8 heteroatoms. The highest BCUT2D eigenvalue weighted by Gasteiger charge is 2.77. The van der Waals surface area contributed by atoms with E-state index in [1.54, 1.807) is 26.8 Å². The molecule has 0 bridgehead atoms. The average Bonchev–Trinajstić information content (AvgIpc) is 3.54. The fraction of sp³-hybridized carbons (Fsp3) is 0.525. The number of allylic oxidation sites excluding steroid dienone is 1. The van der Waals surface area contributed by atoms with Gasteiger partial charge < -0.3 is 25.5 Å². The summed E-state index contributed by atoms with van der Waals surface area (Å²) in [6.07, 6.45) is 5.06. The standard InChI is InChI=1S/C40H48O8/c1-8-23-13-14-24(18-25(23)17-22-11-9-10-12-22)26-15-16-27(42)30-28(26)20(4)38(6)32(34(30)44)36(46)40(48)35(45)29(21(5)41)33(43)31(19(2)3)39(40,7)37(38)47/h13-16,18-20,22,31,37,42,44-45,47-48H,8-12,17H2,1-7H3/t20-,31?,37-,38+,39+,40+/m1/s1. The molecule has 2 aromatic carbocycles. The van der Waals surface area contributed by atoms with Crippen molar-refractivity contribution < 1.29 is 39.9 Å². The first-order chi connectivity index (χ1) is 22.5. The van der Waals surface area contributed by atoms with E-state index >= 15 is 0 Å². The van der Waals surface area contributed by atoms with Crippen LogP contribution < -0.4 is 0 Å². The lowest BCUT2D eigenvalue weighted by Gasteiger charge is -2.63. The highest BCUT2D eigenvalue weighted by Crippen LogP contribution is 2.68. The Balaban J connectivity index is 1.62. The van der Waals surface area contributed by atoms with Crippen LogP contribution in [0.25, 0.3) is 16.9 Å². The normalized spacial score (nSPS) is 32.1. The zero-order valence-corrected chi connectivity index (χ0v) is 29.0. The van der Waals surface area contributed by atoms with Gasteiger partial charge in [-0.05, 0) is 71.4 Å². The summed E-state index contributed by atoms with van der Waals surface area (Å²) >= 11 is 0. The van der Waals surface area contributed by atoms with Gasteiger partial charge in [-0.15, -0.1) is 0 Å². The van der Waals surface area contributed by atoms with Gasteiger partial charge in [0.25, 0.3) is 0 Å². The quantitative estimate of drug-likeness (QED) is 0.216. The van der Waals surface area contributed by atoms with Crippen LogP contribution in [0.15, 0.2) is 47.2 Å². The molecule has 48 heavy (non-hydrogen) atoms. The first-order valence-electron chi connectivity index (χ1n) is 17.4. The third-order valence-corrected chi connectivity index (χ3v) is 12.7. The topological polar surface area (TPSA) is 152 Å². The lowest BCUT2D eigenvalue weighted by Crippen LogP contribution is -2.75. The minimum Gasteiger partial charge on any atom is -0.508 e. The van der Waals surface area contributed by atoms with Crippen molar-refractivity contribution in [2.45, 2.75) is 105 Å². The summed E-state index contributed by atoms with van der Waals surface area (Å²) in [5, 5.41) is 59.7. The monoisotopic (exact) mass is 656 g/mol. The van der Waals surface area contributed by atoms with Gasteiger partial charge in [0.15, 0.2) is 17.2 Å². The Hall–Kier alpha value is -3.75. The third-order valence-electron chi connectivity index (χ3n) is 12.7. The molecule has 2 fully saturated rings. The Bertz CT molecular complexity index is 1810. The van der Waals surface area contributed by atoms with Crippen LogP contribution in [0, 0.1) is 28.6 Å². The maximum absolute atomic E-state index is 14.8.